The number of rotatable bonds is 12. The molecule has 0 amide bonds. The van der Waals surface area contributed by atoms with Crippen molar-refractivity contribution in [1.82, 2.24) is 0 Å². The van der Waals surface area contributed by atoms with E-state index in [1.165, 1.54) is 0 Å². The average molecular weight is 323 g/mol. The zero-order chi connectivity index (χ0) is 16.8. The predicted octanol–water partition coefficient (Wildman–Crippen LogP) is 2.39. The third kappa shape index (κ3) is 9.18. The van der Waals surface area contributed by atoms with Crippen LogP contribution >= 0.6 is 0 Å². The molecule has 1 rings (SSSR count). The van der Waals surface area contributed by atoms with Crippen LogP contribution in [0.2, 0.25) is 0 Å². The Morgan fingerprint density at radius 1 is 1.13 bits per heavy atom. The summed E-state index contributed by atoms with van der Waals surface area (Å²) in [5.74, 6) is 0.372. The van der Waals surface area contributed by atoms with Crippen LogP contribution in [-0.2, 0) is 20.8 Å². The van der Waals surface area contributed by atoms with Gasteiger partial charge >= 0.3 is 0 Å². The molecule has 0 aliphatic carbocycles. The summed E-state index contributed by atoms with van der Waals surface area (Å²) in [6.45, 7) is 5.72. The van der Waals surface area contributed by atoms with Gasteiger partial charge in [0.05, 0.1) is 33.0 Å². The minimum Gasteiger partial charge on any atom is -0.380 e. The first-order chi connectivity index (χ1) is 11.3. The van der Waals surface area contributed by atoms with Crippen molar-refractivity contribution < 1.29 is 14.2 Å². The van der Waals surface area contributed by atoms with Crippen molar-refractivity contribution in [3.8, 4) is 0 Å². The maximum Gasteiger partial charge on any atom is 0.193 e. The molecular formula is C17H29N3O3. The molecule has 130 valence electrons. The molecule has 0 unspecified atom stereocenters. The van der Waals surface area contributed by atoms with Crippen LogP contribution < -0.4 is 11.1 Å². The van der Waals surface area contributed by atoms with Gasteiger partial charge in [-0.25, -0.2) is 0 Å². The van der Waals surface area contributed by atoms with Gasteiger partial charge in [0.25, 0.3) is 0 Å². The molecule has 0 fully saturated rings. The maximum absolute atomic E-state index is 5.88. The molecule has 6 heteroatoms. The first-order valence-corrected chi connectivity index (χ1v) is 8.07. The fourth-order valence-corrected chi connectivity index (χ4v) is 1.90. The zero-order valence-electron chi connectivity index (χ0n) is 14.2. The monoisotopic (exact) mass is 323 g/mol. The second-order valence-electron chi connectivity index (χ2n) is 5.06. The van der Waals surface area contributed by atoms with Crippen molar-refractivity contribution in [1.29, 1.82) is 0 Å². The van der Waals surface area contributed by atoms with E-state index in [1.54, 1.807) is 7.11 Å². The zero-order valence-corrected chi connectivity index (χ0v) is 14.2. The quantitative estimate of drug-likeness (QED) is 0.351. The number of anilines is 1. The molecule has 0 aromatic heterocycles. The highest BCUT2D eigenvalue weighted by Gasteiger charge is 2.02. The number of aliphatic imine (C=N–C) groups is 1. The first-order valence-electron chi connectivity index (χ1n) is 8.07. The molecule has 6 nitrogen and oxygen atoms in total. The lowest BCUT2D eigenvalue weighted by Gasteiger charge is -2.11. The predicted molar refractivity (Wildman–Crippen MR) is 93.8 cm³/mol. The normalized spacial score (nSPS) is 11.7. The SMILES string of the molecule is CCCCOCCOCCN=C(N)Nc1ccccc1COC. The van der Waals surface area contributed by atoms with Gasteiger partial charge in [0.1, 0.15) is 0 Å². The van der Waals surface area contributed by atoms with Crippen LogP contribution in [0, 0.1) is 0 Å². The molecule has 1 aromatic carbocycles. The van der Waals surface area contributed by atoms with Gasteiger partial charge in [0.15, 0.2) is 5.96 Å². The number of benzene rings is 1. The van der Waals surface area contributed by atoms with E-state index >= 15 is 0 Å². The summed E-state index contributed by atoms with van der Waals surface area (Å²) >= 11 is 0. The number of methoxy groups -OCH3 is 1. The lowest BCUT2D eigenvalue weighted by molar-refractivity contribution is 0.0498. The number of para-hydroxylation sites is 1. The number of nitrogens with two attached hydrogens (primary N) is 1. The van der Waals surface area contributed by atoms with Crippen molar-refractivity contribution in [3.05, 3.63) is 29.8 Å². The number of hydrogen-bond donors (Lipinski definition) is 2. The van der Waals surface area contributed by atoms with Gasteiger partial charge in [-0.1, -0.05) is 31.5 Å². The van der Waals surface area contributed by atoms with E-state index in [-0.39, 0.29) is 0 Å². The molecule has 0 saturated carbocycles. The van der Waals surface area contributed by atoms with E-state index in [9.17, 15) is 0 Å². The van der Waals surface area contributed by atoms with Crippen LogP contribution in [0.5, 0.6) is 0 Å². The van der Waals surface area contributed by atoms with Gasteiger partial charge < -0.3 is 25.3 Å². The molecule has 0 radical (unpaired) electrons. The lowest BCUT2D eigenvalue weighted by Crippen LogP contribution is -2.24. The number of unbranched alkanes of at least 4 members (excludes halogenated alkanes) is 1. The largest absolute Gasteiger partial charge is 0.380 e. The maximum atomic E-state index is 5.88. The fraction of sp³-hybridized carbons (Fsp3) is 0.588. The van der Waals surface area contributed by atoms with E-state index in [0.717, 1.165) is 30.7 Å². The highest BCUT2D eigenvalue weighted by atomic mass is 16.5. The van der Waals surface area contributed by atoms with Gasteiger partial charge in [-0.3, -0.25) is 4.99 Å². The van der Waals surface area contributed by atoms with E-state index < -0.39 is 0 Å². The molecule has 0 bridgehead atoms. The Morgan fingerprint density at radius 3 is 2.61 bits per heavy atom. The summed E-state index contributed by atoms with van der Waals surface area (Å²) in [7, 11) is 1.66. The van der Waals surface area contributed by atoms with E-state index in [0.29, 0.717) is 38.9 Å². The molecule has 0 aliphatic rings. The molecule has 0 aliphatic heterocycles. The summed E-state index contributed by atoms with van der Waals surface area (Å²) in [6.07, 6.45) is 2.24. The van der Waals surface area contributed by atoms with E-state index in [1.807, 2.05) is 24.3 Å². The van der Waals surface area contributed by atoms with Crippen molar-refractivity contribution in [2.75, 3.05) is 45.4 Å². The average Bonchev–Trinajstić information content (AvgIpc) is 2.55. The molecule has 0 heterocycles. The summed E-state index contributed by atoms with van der Waals surface area (Å²) in [5, 5.41) is 3.09. The number of nitrogens with zero attached hydrogens (tertiary/aromatic N) is 1. The molecule has 0 saturated heterocycles. The van der Waals surface area contributed by atoms with E-state index in [2.05, 4.69) is 17.2 Å². The van der Waals surface area contributed by atoms with Gasteiger partial charge in [-0.05, 0) is 12.5 Å². The highest BCUT2D eigenvalue weighted by molar-refractivity contribution is 5.92. The van der Waals surface area contributed by atoms with Gasteiger partial charge in [0.2, 0.25) is 0 Å². The van der Waals surface area contributed by atoms with Crippen molar-refractivity contribution in [2.45, 2.75) is 26.4 Å². The Morgan fingerprint density at radius 2 is 1.87 bits per heavy atom. The third-order valence-electron chi connectivity index (χ3n) is 3.11. The molecule has 3 N–H and O–H groups in total. The van der Waals surface area contributed by atoms with Gasteiger partial charge in [0, 0.05) is 25.0 Å². The second-order valence-corrected chi connectivity index (χ2v) is 5.06. The minimum absolute atomic E-state index is 0.372. The van der Waals surface area contributed by atoms with Crippen LogP contribution in [0.4, 0.5) is 5.69 Å². The van der Waals surface area contributed by atoms with Crippen molar-refractivity contribution in [2.24, 2.45) is 10.7 Å². The Kier molecular flexibility index (Phi) is 10.9. The van der Waals surface area contributed by atoms with Crippen molar-refractivity contribution >= 4 is 11.6 Å². The van der Waals surface area contributed by atoms with Crippen LogP contribution in [0.15, 0.2) is 29.3 Å². The lowest BCUT2D eigenvalue weighted by atomic mass is 10.2. The summed E-state index contributed by atoms with van der Waals surface area (Å²) in [5.41, 5.74) is 7.82. The van der Waals surface area contributed by atoms with Gasteiger partial charge in [-0.15, -0.1) is 0 Å². The molecule has 1 aromatic rings. The van der Waals surface area contributed by atoms with Crippen molar-refractivity contribution in [3.63, 3.8) is 0 Å². The smallest absolute Gasteiger partial charge is 0.193 e. The van der Waals surface area contributed by atoms with Crippen LogP contribution in [0.3, 0.4) is 0 Å². The number of ether oxygens (including phenoxy) is 3. The number of nitrogens with one attached hydrogen (secondary N) is 1. The fourth-order valence-electron chi connectivity index (χ4n) is 1.90. The van der Waals surface area contributed by atoms with Crippen LogP contribution in [-0.4, -0.2) is 46.0 Å². The number of hydrogen-bond acceptors (Lipinski definition) is 4. The Balaban J connectivity index is 2.20. The Labute approximate surface area is 139 Å². The molecule has 0 atom stereocenters. The van der Waals surface area contributed by atoms with Gasteiger partial charge in [-0.2, -0.15) is 0 Å². The summed E-state index contributed by atoms with van der Waals surface area (Å²) in [4.78, 5) is 4.24. The summed E-state index contributed by atoms with van der Waals surface area (Å²) in [6, 6.07) is 7.83. The third-order valence-corrected chi connectivity index (χ3v) is 3.11. The van der Waals surface area contributed by atoms with E-state index in [4.69, 9.17) is 19.9 Å². The highest BCUT2D eigenvalue weighted by Crippen LogP contribution is 2.15. The first kappa shape index (κ1) is 19.4. The molecular weight excluding hydrogens is 294 g/mol. The second kappa shape index (κ2) is 12.9. The Bertz CT molecular complexity index is 452. The van der Waals surface area contributed by atoms with Crippen LogP contribution in [0.1, 0.15) is 25.3 Å². The molecule has 23 heavy (non-hydrogen) atoms. The minimum atomic E-state index is 0.372. The topological polar surface area (TPSA) is 78.1 Å². The summed E-state index contributed by atoms with van der Waals surface area (Å²) < 4.78 is 16.0. The standard InChI is InChI=1S/C17H29N3O3/c1-3-4-10-22-12-13-23-11-9-19-17(18)20-16-8-6-5-7-15(16)14-21-2/h5-8H,3-4,9-14H2,1-2H3,(H3,18,19,20). The van der Waals surface area contributed by atoms with Crippen LogP contribution in [0.25, 0.3) is 0 Å². The Hall–Kier alpha value is -1.63. The molecule has 0 spiro atoms. The number of guanidine groups is 1.